The Morgan fingerprint density at radius 1 is 1.16 bits per heavy atom. The molecule has 1 aliphatic heterocycles. The molecule has 0 aromatic carbocycles. The number of hydrogen-bond donors (Lipinski definition) is 1. The number of rotatable bonds is 5. The number of pyridine rings is 1. The standard InChI is InChI=1S/C21H23N9O/c1-4-5-13-12-19(31)28(2)18-11-14(10-17-26-27-20(13)30(17)18)15-6-8-22-21(24-15)25-16-7-9-23-29(16)3/h6-11,13H,4-5,12H2,1-3H3,(H,22,24,25)/t13-/m0/s1. The zero-order chi connectivity index (χ0) is 21.5. The van der Waals surface area contributed by atoms with Crippen LogP contribution in [0.15, 0.2) is 36.7 Å². The first-order valence-electron chi connectivity index (χ1n) is 10.3. The van der Waals surface area contributed by atoms with Crippen LogP contribution in [0.4, 0.5) is 17.6 Å². The van der Waals surface area contributed by atoms with Crippen molar-refractivity contribution in [1.82, 2.24) is 34.3 Å². The molecule has 1 atom stereocenters. The van der Waals surface area contributed by atoms with Gasteiger partial charge < -0.3 is 10.2 Å². The summed E-state index contributed by atoms with van der Waals surface area (Å²) >= 11 is 0. The topological polar surface area (TPSA) is 106 Å². The van der Waals surface area contributed by atoms with Crippen molar-refractivity contribution in [2.45, 2.75) is 32.1 Å². The molecule has 158 valence electrons. The van der Waals surface area contributed by atoms with Gasteiger partial charge in [-0.3, -0.25) is 13.9 Å². The normalized spacial score (nSPS) is 16.0. The van der Waals surface area contributed by atoms with Crippen molar-refractivity contribution in [3.63, 3.8) is 0 Å². The molecule has 1 aliphatic rings. The third kappa shape index (κ3) is 3.29. The maximum absolute atomic E-state index is 12.8. The molecule has 5 rings (SSSR count). The van der Waals surface area contributed by atoms with Crippen LogP contribution in [-0.4, -0.2) is 47.3 Å². The summed E-state index contributed by atoms with van der Waals surface area (Å²) < 4.78 is 3.70. The average molecular weight is 417 g/mol. The van der Waals surface area contributed by atoms with E-state index < -0.39 is 0 Å². The van der Waals surface area contributed by atoms with Crippen LogP contribution >= 0.6 is 0 Å². The molecular weight excluding hydrogens is 394 g/mol. The van der Waals surface area contributed by atoms with E-state index in [9.17, 15) is 4.79 Å². The van der Waals surface area contributed by atoms with Gasteiger partial charge in [-0.15, -0.1) is 10.2 Å². The number of aryl methyl sites for hydroxylation is 1. The predicted molar refractivity (Wildman–Crippen MR) is 116 cm³/mol. The first kappa shape index (κ1) is 19.2. The minimum absolute atomic E-state index is 0.0656. The van der Waals surface area contributed by atoms with Crippen molar-refractivity contribution in [3.05, 3.63) is 42.5 Å². The summed E-state index contributed by atoms with van der Waals surface area (Å²) in [5.74, 6) is 2.97. The van der Waals surface area contributed by atoms with Crippen LogP contribution in [0.1, 0.15) is 37.9 Å². The molecule has 10 nitrogen and oxygen atoms in total. The zero-order valence-corrected chi connectivity index (χ0v) is 17.6. The average Bonchev–Trinajstić information content (AvgIpc) is 3.36. The second-order valence-corrected chi connectivity index (χ2v) is 7.73. The molecule has 0 saturated heterocycles. The Kier molecular flexibility index (Phi) is 4.61. The van der Waals surface area contributed by atoms with Gasteiger partial charge in [0.2, 0.25) is 11.9 Å². The highest BCUT2D eigenvalue weighted by Gasteiger charge is 2.30. The smallest absolute Gasteiger partial charge is 0.228 e. The van der Waals surface area contributed by atoms with Crippen molar-refractivity contribution in [1.29, 1.82) is 0 Å². The van der Waals surface area contributed by atoms with Gasteiger partial charge in [-0.1, -0.05) is 13.3 Å². The lowest BCUT2D eigenvalue weighted by molar-refractivity contribution is -0.118. The molecule has 5 heterocycles. The van der Waals surface area contributed by atoms with E-state index in [1.807, 2.05) is 35.7 Å². The van der Waals surface area contributed by atoms with E-state index in [0.717, 1.165) is 41.6 Å². The van der Waals surface area contributed by atoms with Crippen molar-refractivity contribution in [2.75, 3.05) is 17.3 Å². The summed E-state index contributed by atoms with van der Waals surface area (Å²) in [7, 11) is 3.64. The van der Waals surface area contributed by atoms with E-state index in [0.29, 0.717) is 18.0 Å². The van der Waals surface area contributed by atoms with Crippen LogP contribution in [0.5, 0.6) is 0 Å². The molecule has 4 aromatic heterocycles. The van der Waals surface area contributed by atoms with Gasteiger partial charge in [0.25, 0.3) is 0 Å². The van der Waals surface area contributed by atoms with E-state index in [4.69, 9.17) is 0 Å². The minimum atomic E-state index is 0.0656. The van der Waals surface area contributed by atoms with Crippen molar-refractivity contribution in [3.8, 4) is 11.3 Å². The van der Waals surface area contributed by atoms with Crippen molar-refractivity contribution < 1.29 is 4.79 Å². The highest BCUT2D eigenvalue weighted by atomic mass is 16.2. The molecule has 31 heavy (non-hydrogen) atoms. The first-order chi connectivity index (χ1) is 15.0. The molecule has 1 N–H and O–H groups in total. The molecule has 0 spiro atoms. The highest BCUT2D eigenvalue weighted by molar-refractivity contribution is 5.94. The molecule has 1 amide bonds. The zero-order valence-electron chi connectivity index (χ0n) is 17.6. The molecule has 0 bridgehead atoms. The monoisotopic (exact) mass is 417 g/mol. The Morgan fingerprint density at radius 2 is 2.03 bits per heavy atom. The molecule has 10 heteroatoms. The Morgan fingerprint density at radius 3 is 2.81 bits per heavy atom. The number of nitrogens with one attached hydrogen (secondary N) is 1. The van der Waals surface area contributed by atoms with Crippen molar-refractivity contribution in [2.24, 2.45) is 7.05 Å². The molecule has 0 saturated carbocycles. The SMILES string of the molecule is CCC[C@H]1CC(=O)N(C)c2cc(-c3ccnc(Nc4ccnn4C)n3)cc3nnc1n23. The lowest BCUT2D eigenvalue weighted by Crippen LogP contribution is -2.27. The van der Waals surface area contributed by atoms with Gasteiger partial charge in [0.15, 0.2) is 5.65 Å². The van der Waals surface area contributed by atoms with E-state index in [1.165, 1.54) is 0 Å². The Bertz CT molecular complexity index is 1280. The lowest BCUT2D eigenvalue weighted by Gasteiger charge is -2.17. The van der Waals surface area contributed by atoms with Gasteiger partial charge in [0, 0.05) is 44.3 Å². The van der Waals surface area contributed by atoms with Gasteiger partial charge in [-0.05, 0) is 24.6 Å². The molecule has 0 radical (unpaired) electrons. The van der Waals surface area contributed by atoms with Crippen LogP contribution in [0.25, 0.3) is 16.9 Å². The maximum atomic E-state index is 12.8. The third-order valence-electron chi connectivity index (χ3n) is 5.66. The number of hydrogen-bond acceptors (Lipinski definition) is 7. The van der Waals surface area contributed by atoms with Gasteiger partial charge in [-0.25, -0.2) is 9.97 Å². The minimum Gasteiger partial charge on any atom is -0.309 e. The van der Waals surface area contributed by atoms with E-state index in [2.05, 4.69) is 37.5 Å². The lowest BCUT2D eigenvalue weighted by atomic mass is 9.99. The number of anilines is 3. The summed E-state index contributed by atoms with van der Waals surface area (Å²) in [5, 5.41) is 16.2. The summed E-state index contributed by atoms with van der Waals surface area (Å²) in [6.07, 6.45) is 5.72. The number of amides is 1. The second kappa shape index (κ2) is 7.46. The van der Waals surface area contributed by atoms with E-state index in [1.54, 1.807) is 29.0 Å². The number of nitrogens with zero attached hydrogens (tertiary/aromatic N) is 8. The Labute approximate surface area is 179 Å². The maximum Gasteiger partial charge on any atom is 0.228 e. The molecule has 0 unspecified atom stereocenters. The fourth-order valence-electron chi connectivity index (χ4n) is 4.02. The van der Waals surface area contributed by atoms with Gasteiger partial charge in [-0.2, -0.15) is 5.10 Å². The fourth-order valence-corrected chi connectivity index (χ4v) is 4.02. The number of carbonyl (C=O) groups excluding carboxylic acids is 1. The molecular formula is C21H23N9O. The first-order valence-corrected chi connectivity index (χ1v) is 10.3. The second-order valence-electron chi connectivity index (χ2n) is 7.73. The van der Waals surface area contributed by atoms with Crippen LogP contribution in [-0.2, 0) is 11.8 Å². The quantitative estimate of drug-likeness (QED) is 0.532. The Hall–Kier alpha value is -3.82. The summed E-state index contributed by atoms with van der Waals surface area (Å²) in [4.78, 5) is 23.5. The Balaban J connectivity index is 1.59. The number of carbonyl (C=O) groups is 1. The third-order valence-corrected chi connectivity index (χ3v) is 5.66. The van der Waals surface area contributed by atoms with Crippen LogP contribution in [0, 0.1) is 0 Å². The highest BCUT2D eigenvalue weighted by Crippen LogP contribution is 2.34. The van der Waals surface area contributed by atoms with Gasteiger partial charge in [0.1, 0.15) is 17.5 Å². The summed E-state index contributed by atoms with van der Waals surface area (Å²) in [5.41, 5.74) is 2.26. The van der Waals surface area contributed by atoms with E-state index in [-0.39, 0.29) is 11.8 Å². The molecule has 0 aliphatic carbocycles. The van der Waals surface area contributed by atoms with Gasteiger partial charge >= 0.3 is 0 Å². The van der Waals surface area contributed by atoms with Crippen LogP contribution in [0.2, 0.25) is 0 Å². The predicted octanol–water partition coefficient (Wildman–Crippen LogP) is 2.91. The number of aromatic nitrogens is 7. The summed E-state index contributed by atoms with van der Waals surface area (Å²) in [6, 6.07) is 7.59. The fraction of sp³-hybridized carbons (Fsp3) is 0.333. The molecule has 4 aromatic rings. The van der Waals surface area contributed by atoms with Crippen LogP contribution in [0.3, 0.4) is 0 Å². The van der Waals surface area contributed by atoms with Crippen LogP contribution < -0.4 is 10.2 Å². The summed E-state index contributed by atoms with van der Waals surface area (Å²) in [6.45, 7) is 2.12. The van der Waals surface area contributed by atoms with Crippen molar-refractivity contribution >= 4 is 29.1 Å². The van der Waals surface area contributed by atoms with E-state index >= 15 is 0 Å². The van der Waals surface area contributed by atoms with Gasteiger partial charge in [0.05, 0.1) is 11.9 Å². The largest absolute Gasteiger partial charge is 0.309 e. The molecule has 0 fully saturated rings.